The van der Waals surface area contributed by atoms with Gasteiger partial charge in [0.25, 0.3) is 0 Å². The molecule has 0 saturated carbocycles. The highest BCUT2D eigenvalue weighted by Crippen LogP contribution is 2.27. The van der Waals surface area contributed by atoms with Crippen molar-refractivity contribution in [2.45, 2.75) is 13.0 Å². The van der Waals surface area contributed by atoms with E-state index in [0.29, 0.717) is 16.9 Å². The highest BCUT2D eigenvalue weighted by Gasteiger charge is 2.11. The van der Waals surface area contributed by atoms with Crippen LogP contribution in [-0.2, 0) is 17.8 Å². The van der Waals surface area contributed by atoms with Gasteiger partial charge < -0.3 is 14.9 Å². The van der Waals surface area contributed by atoms with Crippen LogP contribution >= 0.6 is 11.6 Å². The van der Waals surface area contributed by atoms with Crippen LogP contribution in [0.5, 0.6) is 5.75 Å². The summed E-state index contributed by atoms with van der Waals surface area (Å²) in [6, 6.07) is 11.2. The number of aliphatic carboxylic acids is 1. The Kier molecular flexibility index (Phi) is 5.01. The number of halogens is 1. The van der Waals surface area contributed by atoms with Crippen LogP contribution in [0.1, 0.15) is 21.5 Å². The van der Waals surface area contributed by atoms with Gasteiger partial charge in [0.05, 0.1) is 17.0 Å². The third-order valence-electron chi connectivity index (χ3n) is 2.98. The summed E-state index contributed by atoms with van der Waals surface area (Å²) in [6.45, 7) is 0.0560. The summed E-state index contributed by atoms with van der Waals surface area (Å²) in [5.41, 5.74) is 1.26. The maximum Gasteiger partial charge on any atom is 0.336 e. The van der Waals surface area contributed by atoms with E-state index in [2.05, 4.69) is 0 Å². The third kappa shape index (κ3) is 3.99. The van der Waals surface area contributed by atoms with Gasteiger partial charge in [-0.3, -0.25) is 4.79 Å². The van der Waals surface area contributed by atoms with Crippen LogP contribution in [-0.4, -0.2) is 22.2 Å². The molecule has 0 amide bonds. The molecule has 2 rings (SSSR count). The van der Waals surface area contributed by atoms with Gasteiger partial charge >= 0.3 is 11.9 Å². The fourth-order valence-electron chi connectivity index (χ4n) is 1.96. The van der Waals surface area contributed by atoms with Crippen molar-refractivity contribution in [3.05, 3.63) is 64.2 Å². The van der Waals surface area contributed by atoms with E-state index in [1.165, 1.54) is 12.1 Å². The number of carboxylic acids is 2. The molecule has 2 aromatic rings. The summed E-state index contributed by atoms with van der Waals surface area (Å²) in [4.78, 5) is 21.8. The average molecular weight is 321 g/mol. The van der Waals surface area contributed by atoms with Crippen LogP contribution < -0.4 is 4.74 Å². The summed E-state index contributed by atoms with van der Waals surface area (Å²) in [6.07, 6.45) is -0.123. The van der Waals surface area contributed by atoms with Crippen LogP contribution in [0.4, 0.5) is 0 Å². The lowest BCUT2D eigenvalue weighted by Gasteiger charge is -2.11. The molecule has 0 unspecified atom stereocenters. The molecule has 2 N–H and O–H groups in total. The molecule has 0 radical (unpaired) electrons. The van der Waals surface area contributed by atoms with E-state index in [1.807, 2.05) is 0 Å². The highest BCUT2D eigenvalue weighted by atomic mass is 35.5. The first kappa shape index (κ1) is 15.9. The van der Waals surface area contributed by atoms with E-state index in [-0.39, 0.29) is 23.6 Å². The smallest absolute Gasteiger partial charge is 0.336 e. The van der Waals surface area contributed by atoms with Gasteiger partial charge in [-0.1, -0.05) is 35.9 Å². The number of rotatable bonds is 6. The minimum Gasteiger partial charge on any atom is -0.487 e. The average Bonchev–Trinajstić information content (AvgIpc) is 2.46. The Morgan fingerprint density at radius 2 is 1.82 bits per heavy atom. The topological polar surface area (TPSA) is 83.8 Å². The van der Waals surface area contributed by atoms with Gasteiger partial charge in [-0.15, -0.1) is 0 Å². The monoisotopic (exact) mass is 320 g/mol. The molecule has 5 nitrogen and oxygen atoms in total. The Labute approximate surface area is 131 Å². The Balaban J connectivity index is 2.12. The van der Waals surface area contributed by atoms with Crippen molar-refractivity contribution in [2.24, 2.45) is 0 Å². The van der Waals surface area contributed by atoms with Gasteiger partial charge in [-0.25, -0.2) is 4.79 Å². The van der Waals surface area contributed by atoms with Gasteiger partial charge in [0.15, 0.2) is 0 Å². The van der Waals surface area contributed by atoms with E-state index in [0.717, 1.165) is 0 Å². The van der Waals surface area contributed by atoms with E-state index in [4.69, 9.17) is 26.6 Å². The van der Waals surface area contributed by atoms with Gasteiger partial charge in [-0.2, -0.15) is 0 Å². The second kappa shape index (κ2) is 6.95. The van der Waals surface area contributed by atoms with Crippen molar-refractivity contribution in [1.82, 2.24) is 0 Å². The fourth-order valence-corrected chi connectivity index (χ4v) is 2.21. The van der Waals surface area contributed by atoms with Crippen LogP contribution in [0.3, 0.4) is 0 Å². The molecule has 0 bridgehead atoms. The van der Waals surface area contributed by atoms with E-state index in [1.54, 1.807) is 30.3 Å². The lowest BCUT2D eigenvalue weighted by Crippen LogP contribution is -2.05. The Morgan fingerprint density at radius 3 is 2.45 bits per heavy atom. The van der Waals surface area contributed by atoms with Crippen molar-refractivity contribution in [3.63, 3.8) is 0 Å². The predicted octanol–water partition coefficient (Wildman–Crippen LogP) is 3.24. The van der Waals surface area contributed by atoms with Gasteiger partial charge in [0.2, 0.25) is 0 Å². The number of ether oxygens (including phenoxy) is 1. The molecule has 2 aromatic carbocycles. The Bertz CT molecular complexity index is 711. The van der Waals surface area contributed by atoms with Crippen molar-refractivity contribution in [3.8, 4) is 5.75 Å². The van der Waals surface area contributed by atoms with Crippen molar-refractivity contribution in [1.29, 1.82) is 0 Å². The van der Waals surface area contributed by atoms with Crippen molar-refractivity contribution in [2.75, 3.05) is 0 Å². The first-order chi connectivity index (χ1) is 10.5. The molecule has 0 aliphatic rings. The predicted molar refractivity (Wildman–Crippen MR) is 80.5 cm³/mol. The van der Waals surface area contributed by atoms with E-state index >= 15 is 0 Å². The number of carboxylic acid groups (broad SMARTS) is 2. The zero-order chi connectivity index (χ0) is 16.1. The highest BCUT2D eigenvalue weighted by molar-refractivity contribution is 6.32. The third-order valence-corrected chi connectivity index (χ3v) is 3.28. The van der Waals surface area contributed by atoms with Crippen LogP contribution in [0.15, 0.2) is 42.5 Å². The van der Waals surface area contributed by atoms with Gasteiger partial charge in [0, 0.05) is 5.56 Å². The maximum atomic E-state index is 11.1. The normalized spacial score (nSPS) is 10.2. The molecule has 0 atom stereocenters. The molecule has 0 fully saturated rings. The van der Waals surface area contributed by atoms with E-state index < -0.39 is 11.9 Å². The molecule has 6 heteroatoms. The van der Waals surface area contributed by atoms with Crippen LogP contribution in [0.2, 0.25) is 5.02 Å². The Hall–Kier alpha value is -2.53. The largest absolute Gasteiger partial charge is 0.487 e. The molecule has 114 valence electrons. The van der Waals surface area contributed by atoms with Crippen LogP contribution in [0.25, 0.3) is 0 Å². The number of hydrogen-bond acceptors (Lipinski definition) is 3. The first-order valence-electron chi connectivity index (χ1n) is 6.41. The number of benzene rings is 2. The summed E-state index contributed by atoms with van der Waals surface area (Å²) < 4.78 is 5.53. The molecule has 0 saturated heterocycles. The minimum atomic E-state index is -1.03. The Morgan fingerprint density at radius 1 is 1.09 bits per heavy atom. The molecular weight excluding hydrogens is 308 g/mol. The minimum absolute atomic E-state index is 0.0560. The molecule has 0 spiro atoms. The number of carbonyl (C=O) groups is 2. The van der Waals surface area contributed by atoms with Crippen LogP contribution in [0, 0.1) is 0 Å². The summed E-state index contributed by atoms with van der Waals surface area (Å²) >= 11 is 6.05. The number of aromatic carboxylic acids is 1. The van der Waals surface area contributed by atoms with Crippen molar-refractivity contribution < 1.29 is 24.5 Å². The second-order valence-electron chi connectivity index (χ2n) is 4.59. The van der Waals surface area contributed by atoms with E-state index in [9.17, 15) is 9.59 Å². The quantitative estimate of drug-likeness (QED) is 0.853. The first-order valence-corrected chi connectivity index (χ1v) is 6.79. The molecule has 0 heterocycles. The zero-order valence-electron chi connectivity index (χ0n) is 11.5. The molecule has 22 heavy (non-hydrogen) atoms. The zero-order valence-corrected chi connectivity index (χ0v) is 12.2. The number of hydrogen-bond donors (Lipinski definition) is 2. The summed E-state index contributed by atoms with van der Waals surface area (Å²) in [5.74, 6) is -1.60. The molecule has 0 aromatic heterocycles. The SMILES string of the molecule is O=C(O)Cc1ccc(OCc2ccccc2C(=O)O)c(Cl)c1. The maximum absolute atomic E-state index is 11.1. The lowest BCUT2D eigenvalue weighted by molar-refractivity contribution is -0.136. The summed E-state index contributed by atoms with van der Waals surface area (Å²) in [5, 5.41) is 18.1. The molecule has 0 aliphatic heterocycles. The van der Waals surface area contributed by atoms with Gasteiger partial charge in [-0.05, 0) is 23.8 Å². The standard InChI is InChI=1S/C16H13ClO5/c17-13-7-10(8-15(18)19)5-6-14(13)22-9-11-3-1-2-4-12(11)16(20)21/h1-7H,8-9H2,(H,18,19)(H,20,21). The molecule has 0 aliphatic carbocycles. The fraction of sp³-hybridized carbons (Fsp3) is 0.125. The summed E-state index contributed by atoms with van der Waals surface area (Å²) in [7, 11) is 0. The van der Waals surface area contributed by atoms with Crippen molar-refractivity contribution >= 4 is 23.5 Å². The lowest BCUT2D eigenvalue weighted by atomic mass is 10.1. The molecular formula is C16H13ClO5. The van der Waals surface area contributed by atoms with Gasteiger partial charge in [0.1, 0.15) is 12.4 Å². The second-order valence-corrected chi connectivity index (χ2v) is 4.99.